The number of aromatic nitrogens is 1. The number of hydrogen-bond donors (Lipinski definition) is 1. The minimum Gasteiger partial charge on any atom is -0.381 e. The monoisotopic (exact) mass is 329 g/mol. The van der Waals surface area contributed by atoms with Crippen LogP contribution in [0.5, 0.6) is 0 Å². The van der Waals surface area contributed by atoms with E-state index in [1.54, 1.807) is 30.6 Å². The molecule has 2 aliphatic heterocycles. The van der Waals surface area contributed by atoms with Crippen molar-refractivity contribution < 1.29 is 14.3 Å². The molecule has 2 fully saturated rings. The number of ether oxygens (including phenoxy) is 1. The number of amides is 2. The Morgan fingerprint density at radius 2 is 2.00 bits per heavy atom. The summed E-state index contributed by atoms with van der Waals surface area (Å²) >= 11 is 0. The van der Waals surface area contributed by atoms with E-state index in [1.807, 2.05) is 4.90 Å². The van der Waals surface area contributed by atoms with Crippen LogP contribution >= 0.6 is 0 Å². The number of hydrogen-bond acceptors (Lipinski definition) is 4. The lowest BCUT2D eigenvalue weighted by Gasteiger charge is -2.32. The lowest BCUT2D eigenvalue weighted by atomic mass is 10.0. The van der Waals surface area contributed by atoms with Gasteiger partial charge in [-0.25, -0.2) is 0 Å². The maximum absolute atomic E-state index is 12.3. The van der Waals surface area contributed by atoms with Gasteiger partial charge in [-0.3, -0.25) is 14.6 Å². The third-order valence-electron chi connectivity index (χ3n) is 4.53. The van der Waals surface area contributed by atoms with Gasteiger partial charge in [0.2, 0.25) is 5.91 Å². The van der Waals surface area contributed by atoms with Crippen molar-refractivity contribution in [2.75, 3.05) is 26.3 Å². The molecule has 0 unspecified atom stereocenters. The second-order valence-electron chi connectivity index (χ2n) is 6.23. The minimum absolute atomic E-state index is 0.0870. The second-order valence-corrected chi connectivity index (χ2v) is 6.23. The number of carbonyl (C=O) groups excluding carboxylic acids is 2. The van der Waals surface area contributed by atoms with E-state index in [1.165, 1.54) is 5.57 Å². The molecule has 0 atom stereocenters. The van der Waals surface area contributed by atoms with Crippen LogP contribution in [0.25, 0.3) is 0 Å². The molecular weight excluding hydrogens is 306 g/mol. The van der Waals surface area contributed by atoms with Crippen LogP contribution in [-0.4, -0.2) is 54.0 Å². The minimum atomic E-state index is -0.0998. The van der Waals surface area contributed by atoms with E-state index in [0.717, 1.165) is 25.7 Å². The summed E-state index contributed by atoms with van der Waals surface area (Å²) in [6, 6.07) is 3.61. The first-order chi connectivity index (χ1) is 11.7. The smallest absolute Gasteiger partial charge is 0.253 e. The van der Waals surface area contributed by atoms with Crippen LogP contribution in [0.4, 0.5) is 0 Å². The topological polar surface area (TPSA) is 71.5 Å². The van der Waals surface area contributed by atoms with Crippen molar-refractivity contribution in [1.82, 2.24) is 15.2 Å². The van der Waals surface area contributed by atoms with E-state index in [4.69, 9.17) is 4.74 Å². The highest BCUT2D eigenvalue weighted by Crippen LogP contribution is 2.16. The SMILES string of the molecule is O=C(NC1CCN(C(=O)C=C2CCOCC2)CC1)c1cccnc1. The third kappa shape index (κ3) is 4.41. The average Bonchev–Trinajstić information content (AvgIpc) is 2.64. The molecule has 6 nitrogen and oxygen atoms in total. The molecule has 3 rings (SSSR count). The number of likely N-dealkylation sites (tertiary alicyclic amines) is 1. The highest BCUT2D eigenvalue weighted by atomic mass is 16.5. The second kappa shape index (κ2) is 8.06. The van der Waals surface area contributed by atoms with E-state index in [2.05, 4.69) is 10.3 Å². The van der Waals surface area contributed by atoms with Crippen LogP contribution < -0.4 is 5.32 Å². The van der Waals surface area contributed by atoms with Gasteiger partial charge in [0.05, 0.1) is 18.8 Å². The van der Waals surface area contributed by atoms with Crippen molar-refractivity contribution in [3.63, 3.8) is 0 Å². The van der Waals surface area contributed by atoms with Crippen molar-refractivity contribution in [2.24, 2.45) is 0 Å². The first-order valence-electron chi connectivity index (χ1n) is 8.49. The third-order valence-corrected chi connectivity index (χ3v) is 4.53. The van der Waals surface area contributed by atoms with Gasteiger partial charge in [-0.2, -0.15) is 0 Å². The zero-order valence-corrected chi connectivity index (χ0v) is 13.7. The van der Waals surface area contributed by atoms with E-state index < -0.39 is 0 Å². The van der Waals surface area contributed by atoms with Gasteiger partial charge in [-0.1, -0.05) is 5.57 Å². The van der Waals surface area contributed by atoms with Gasteiger partial charge in [-0.15, -0.1) is 0 Å². The zero-order valence-electron chi connectivity index (χ0n) is 13.7. The van der Waals surface area contributed by atoms with Crippen LogP contribution in [0.15, 0.2) is 36.2 Å². The predicted molar refractivity (Wildman–Crippen MR) is 89.4 cm³/mol. The number of pyridine rings is 1. The molecule has 24 heavy (non-hydrogen) atoms. The number of rotatable bonds is 3. The standard InChI is InChI=1S/C18H23N3O3/c22-17(12-14-5-10-24-11-6-14)21-8-3-16(4-9-21)20-18(23)15-2-1-7-19-13-15/h1-2,7,12-13,16H,3-6,8-11H2,(H,20,23). The number of carbonyl (C=O) groups is 2. The zero-order chi connectivity index (χ0) is 16.8. The molecule has 2 aliphatic rings. The highest BCUT2D eigenvalue weighted by Gasteiger charge is 2.23. The van der Waals surface area contributed by atoms with Gasteiger partial charge in [0.1, 0.15) is 0 Å². The summed E-state index contributed by atoms with van der Waals surface area (Å²) in [5, 5.41) is 3.03. The van der Waals surface area contributed by atoms with Gasteiger partial charge < -0.3 is 15.0 Å². The van der Waals surface area contributed by atoms with Crippen LogP contribution in [0.3, 0.4) is 0 Å². The summed E-state index contributed by atoms with van der Waals surface area (Å²) in [7, 11) is 0. The average molecular weight is 329 g/mol. The summed E-state index contributed by atoms with van der Waals surface area (Å²) in [6.07, 6.45) is 8.25. The Kier molecular flexibility index (Phi) is 5.59. The molecule has 0 aromatic carbocycles. The van der Waals surface area contributed by atoms with Gasteiger partial charge in [0, 0.05) is 37.6 Å². The molecule has 0 saturated carbocycles. The number of nitrogens with zero attached hydrogens (tertiary/aromatic N) is 2. The van der Waals surface area contributed by atoms with Crippen molar-refractivity contribution in [1.29, 1.82) is 0 Å². The van der Waals surface area contributed by atoms with Gasteiger partial charge in [0.15, 0.2) is 0 Å². The Bertz CT molecular complexity index is 599. The largest absolute Gasteiger partial charge is 0.381 e. The Morgan fingerprint density at radius 3 is 2.67 bits per heavy atom. The quantitative estimate of drug-likeness (QED) is 0.854. The Labute approximate surface area is 141 Å². The normalized spacial score (nSPS) is 19.0. The van der Waals surface area contributed by atoms with Crippen molar-refractivity contribution >= 4 is 11.8 Å². The molecule has 2 amide bonds. The summed E-state index contributed by atoms with van der Waals surface area (Å²) in [6.45, 7) is 2.78. The van der Waals surface area contributed by atoms with Crippen LogP contribution in [-0.2, 0) is 9.53 Å². The van der Waals surface area contributed by atoms with Crippen molar-refractivity contribution in [3.8, 4) is 0 Å². The molecule has 1 aromatic heterocycles. The molecule has 0 spiro atoms. The van der Waals surface area contributed by atoms with E-state index in [0.29, 0.717) is 31.9 Å². The Balaban J connectivity index is 1.47. The number of nitrogens with one attached hydrogen (secondary N) is 1. The molecule has 128 valence electrons. The fourth-order valence-corrected chi connectivity index (χ4v) is 3.05. The Morgan fingerprint density at radius 1 is 1.25 bits per heavy atom. The molecule has 1 N–H and O–H groups in total. The summed E-state index contributed by atoms with van der Waals surface area (Å²) in [5.74, 6) is -0.0128. The predicted octanol–water partition coefficient (Wildman–Crippen LogP) is 1.54. The fraction of sp³-hybridized carbons (Fsp3) is 0.500. The summed E-state index contributed by atoms with van der Waals surface area (Å²) in [5.41, 5.74) is 1.75. The van der Waals surface area contributed by atoms with Crippen LogP contribution in [0.2, 0.25) is 0 Å². The van der Waals surface area contributed by atoms with E-state index >= 15 is 0 Å². The molecule has 0 aliphatic carbocycles. The van der Waals surface area contributed by atoms with Crippen LogP contribution in [0.1, 0.15) is 36.0 Å². The number of piperidine rings is 1. The Hall–Kier alpha value is -2.21. The van der Waals surface area contributed by atoms with Crippen molar-refractivity contribution in [3.05, 3.63) is 41.7 Å². The molecule has 3 heterocycles. The van der Waals surface area contributed by atoms with Gasteiger partial charge in [0.25, 0.3) is 5.91 Å². The fourth-order valence-electron chi connectivity index (χ4n) is 3.05. The first kappa shape index (κ1) is 16.6. The lowest BCUT2D eigenvalue weighted by molar-refractivity contribution is -0.127. The first-order valence-corrected chi connectivity index (χ1v) is 8.49. The lowest BCUT2D eigenvalue weighted by Crippen LogP contribution is -2.46. The molecule has 0 radical (unpaired) electrons. The van der Waals surface area contributed by atoms with Gasteiger partial charge in [-0.05, 0) is 37.8 Å². The maximum Gasteiger partial charge on any atom is 0.253 e. The van der Waals surface area contributed by atoms with Crippen LogP contribution in [0, 0.1) is 0 Å². The molecule has 1 aromatic rings. The molecule has 6 heteroatoms. The summed E-state index contributed by atoms with van der Waals surface area (Å²) < 4.78 is 5.30. The van der Waals surface area contributed by atoms with E-state index in [9.17, 15) is 9.59 Å². The molecule has 0 bridgehead atoms. The highest BCUT2D eigenvalue weighted by molar-refractivity contribution is 5.94. The van der Waals surface area contributed by atoms with Crippen molar-refractivity contribution in [2.45, 2.75) is 31.7 Å². The van der Waals surface area contributed by atoms with Gasteiger partial charge >= 0.3 is 0 Å². The summed E-state index contributed by atoms with van der Waals surface area (Å²) in [4.78, 5) is 30.3. The van der Waals surface area contributed by atoms with E-state index in [-0.39, 0.29) is 17.9 Å². The molecule has 2 saturated heterocycles. The maximum atomic E-state index is 12.3. The molecular formula is C18H23N3O3.